The molecule has 4 heterocycles. The molecule has 1 unspecified atom stereocenters. The Bertz CT molecular complexity index is 1240. The van der Waals surface area contributed by atoms with Gasteiger partial charge in [0.1, 0.15) is 11.5 Å². The van der Waals surface area contributed by atoms with Crippen LogP contribution in [0.4, 0.5) is 10.6 Å². The number of hydrogen-bond donors (Lipinski definition) is 0. The minimum atomic E-state index is -1.13. The van der Waals surface area contributed by atoms with E-state index in [1.807, 2.05) is 7.05 Å². The van der Waals surface area contributed by atoms with Crippen molar-refractivity contribution >= 4 is 35.4 Å². The quantitative estimate of drug-likeness (QED) is 0.516. The Balaban J connectivity index is 0.000000286. The summed E-state index contributed by atoms with van der Waals surface area (Å²) in [6.45, 7) is 2.64. The van der Waals surface area contributed by atoms with Crippen molar-refractivity contribution in [3.63, 3.8) is 0 Å². The summed E-state index contributed by atoms with van der Waals surface area (Å²) >= 11 is 5.89. The van der Waals surface area contributed by atoms with Gasteiger partial charge >= 0.3 is 6.09 Å². The van der Waals surface area contributed by atoms with Crippen molar-refractivity contribution in [1.82, 2.24) is 24.8 Å². The third-order valence-corrected chi connectivity index (χ3v) is 5.78. The Hall–Kier alpha value is -4.09. The molecule has 11 nitrogen and oxygen atoms in total. The van der Waals surface area contributed by atoms with E-state index in [1.54, 1.807) is 35.2 Å². The fourth-order valence-corrected chi connectivity index (χ4v) is 3.73. The highest BCUT2D eigenvalue weighted by molar-refractivity contribution is 6.30. The van der Waals surface area contributed by atoms with Crippen LogP contribution >= 0.6 is 11.6 Å². The number of hydrogen-bond acceptors (Lipinski definition) is 9. The Morgan fingerprint density at radius 2 is 1.69 bits per heavy atom. The molecule has 3 aromatic rings. The van der Waals surface area contributed by atoms with E-state index in [-0.39, 0.29) is 11.3 Å². The number of fused-ring (bicyclic) bond motifs is 1. The zero-order chi connectivity index (χ0) is 25.7. The van der Waals surface area contributed by atoms with Crippen LogP contribution in [-0.2, 0) is 4.74 Å². The molecule has 12 heteroatoms. The number of carbonyl (C=O) groups excluding carboxylic acids is 3. The lowest BCUT2D eigenvalue weighted by Gasteiger charge is -2.33. The molecule has 2 aliphatic rings. The summed E-state index contributed by atoms with van der Waals surface area (Å²) in [6, 6.07) is 11.3. The second kappa shape index (κ2) is 11.1. The van der Waals surface area contributed by atoms with Crippen molar-refractivity contribution in [2.75, 3.05) is 38.1 Å². The first-order valence-electron chi connectivity index (χ1n) is 11.0. The number of halogens is 1. The van der Waals surface area contributed by atoms with E-state index in [2.05, 4.69) is 19.9 Å². The number of rotatable bonds is 3. The molecule has 0 saturated carbocycles. The van der Waals surface area contributed by atoms with Gasteiger partial charge in [-0.15, -0.1) is 0 Å². The number of aromatic nitrogens is 3. The number of carbonyl (C=O) groups is 3. The van der Waals surface area contributed by atoms with Crippen molar-refractivity contribution in [1.29, 1.82) is 0 Å². The smallest absolute Gasteiger partial charge is 0.412 e. The maximum Gasteiger partial charge on any atom is 0.412 e. The number of anilines is 1. The van der Waals surface area contributed by atoms with Gasteiger partial charge in [0.2, 0.25) is 6.23 Å². The summed E-state index contributed by atoms with van der Waals surface area (Å²) < 4.78 is 5.68. The number of benzene rings is 1. The van der Waals surface area contributed by atoms with Crippen molar-refractivity contribution in [2.24, 2.45) is 0 Å². The van der Waals surface area contributed by atoms with Gasteiger partial charge in [-0.05, 0) is 24.7 Å². The second-order valence-electron chi connectivity index (χ2n) is 7.98. The number of ether oxygens (including phenoxy) is 1. The molecule has 0 bridgehead atoms. The molecule has 0 spiro atoms. The van der Waals surface area contributed by atoms with Gasteiger partial charge in [-0.1, -0.05) is 41.9 Å². The number of nitrogens with zero attached hydrogens (tertiary/aromatic N) is 6. The molecule has 0 radical (unpaired) electrons. The fraction of sp³-hybridized carbons (Fsp3) is 0.250. The normalized spacial score (nSPS) is 17.2. The molecule has 1 saturated heterocycles. The van der Waals surface area contributed by atoms with Crippen molar-refractivity contribution in [2.45, 2.75) is 6.23 Å². The summed E-state index contributed by atoms with van der Waals surface area (Å²) in [7, 11) is 2.00. The first kappa shape index (κ1) is 25.0. The average Bonchev–Trinajstić information content (AvgIpc) is 3.17. The number of aromatic carboxylic acids is 1. The predicted octanol–water partition coefficient (Wildman–Crippen LogP) is 1.62. The van der Waals surface area contributed by atoms with Crippen LogP contribution in [0.1, 0.15) is 32.8 Å². The average molecular weight is 510 g/mol. The van der Waals surface area contributed by atoms with Crippen LogP contribution in [0.5, 0.6) is 0 Å². The Kier molecular flexibility index (Phi) is 7.71. The third-order valence-electron chi connectivity index (χ3n) is 5.56. The van der Waals surface area contributed by atoms with E-state index in [4.69, 9.17) is 16.3 Å². The largest absolute Gasteiger partial charge is 0.545 e. The zero-order valence-corrected chi connectivity index (χ0v) is 20.0. The highest BCUT2D eigenvalue weighted by Gasteiger charge is 2.44. The molecule has 1 atom stereocenters. The molecule has 2 aliphatic heterocycles. The molecular weight excluding hydrogens is 488 g/mol. The first-order chi connectivity index (χ1) is 17.3. The van der Waals surface area contributed by atoms with Gasteiger partial charge in [0.25, 0.3) is 5.91 Å². The van der Waals surface area contributed by atoms with Crippen molar-refractivity contribution < 1.29 is 24.2 Å². The maximum absolute atomic E-state index is 12.8. The molecule has 1 aromatic carbocycles. The van der Waals surface area contributed by atoms with Gasteiger partial charge in [0.15, 0.2) is 5.69 Å². The molecule has 36 heavy (non-hydrogen) atoms. The second-order valence-corrected chi connectivity index (χ2v) is 8.42. The third kappa shape index (κ3) is 5.58. The van der Waals surface area contributed by atoms with E-state index in [9.17, 15) is 19.5 Å². The first-order valence-corrected chi connectivity index (χ1v) is 11.4. The fourth-order valence-electron chi connectivity index (χ4n) is 3.61. The minimum absolute atomic E-state index is 0.144. The summed E-state index contributed by atoms with van der Waals surface area (Å²) in [5.41, 5.74) is 0.657. The lowest BCUT2D eigenvalue weighted by molar-refractivity contribution is -0.255. The Morgan fingerprint density at radius 3 is 2.31 bits per heavy atom. The van der Waals surface area contributed by atoms with Crippen LogP contribution in [0.15, 0.2) is 61.1 Å². The molecule has 0 aliphatic carbocycles. The molecule has 5 rings (SSSR count). The van der Waals surface area contributed by atoms with Gasteiger partial charge < -0.3 is 24.4 Å². The molecule has 2 amide bonds. The van der Waals surface area contributed by atoms with Crippen molar-refractivity contribution in [3.05, 3.63) is 83.0 Å². The minimum Gasteiger partial charge on any atom is -0.545 e. The molecular formula is C24H22ClN6O5-. The molecule has 2 aromatic heterocycles. The number of carboxylic acids is 1. The van der Waals surface area contributed by atoms with E-state index in [0.29, 0.717) is 29.6 Å². The molecule has 186 valence electrons. The van der Waals surface area contributed by atoms with Gasteiger partial charge in [-0.3, -0.25) is 9.78 Å². The number of piperazine rings is 1. The van der Waals surface area contributed by atoms with Gasteiger partial charge in [0.05, 0.1) is 11.0 Å². The van der Waals surface area contributed by atoms with Crippen LogP contribution in [0.25, 0.3) is 0 Å². The Morgan fingerprint density at radius 1 is 1.00 bits per heavy atom. The lowest BCUT2D eigenvalue weighted by atomic mass is 10.2. The summed E-state index contributed by atoms with van der Waals surface area (Å²) in [4.78, 5) is 53.1. The highest BCUT2D eigenvalue weighted by atomic mass is 35.5. The Labute approximate surface area is 211 Å². The number of carboxylic acid groups (broad SMARTS) is 1. The van der Waals surface area contributed by atoms with E-state index >= 15 is 0 Å². The summed E-state index contributed by atoms with van der Waals surface area (Å²) in [5, 5.41) is 10.5. The number of likely N-dealkylation sites (N-methyl/N-ethyl adjacent to an activating group) is 1. The zero-order valence-electron chi connectivity index (χ0n) is 19.3. The number of pyridine rings is 1. The van der Waals surface area contributed by atoms with E-state index < -0.39 is 24.2 Å². The summed E-state index contributed by atoms with van der Waals surface area (Å²) in [6.07, 6.45) is 2.78. The lowest BCUT2D eigenvalue weighted by Crippen LogP contribution is -2.48. The predicted molar refractivity (Wildman–Crippen MR) is 127 cm³/mol. The van der Waals surface area contributed by atoms with Crippen LogP contribution in [0.3, 0.4) is 0 Å². The van der Waals surface area contributed by atoms with Crippen molar-refractivity contribution in [3.8, 4) is 0 Å². The molecule has 1 fully saturated rings. The topological polar surface area (TPSA) is 132 Å². The molecule has 0 N–H and O–H groups in total. The number of amides is 2. The van der Waals surface area contributed by atoms with Crippen LogP contribution in [0, 0.1) is 0 Å². The van der Waals surface area contributed by atoms with E-state index in [0.717, 1.165) is 13.1 Å². The monoisotopic (exact) mass is 509 g/mol. The standard InChI is InChI=1S/C17H17ClN6O3.C7H6O2/c1-22-6-8-23(9-7-22)17(26)27-16-14-13(19-4-5-20-14)15(25)24(16)12-3-2-11(18)10-21-12;8-7(9)6-4-2-1-3-5-6/h2-5,10,16H,6-9H2,1H3;1-5H,(H,8,9)/p-1. The summed E-state index contributed by atoms with van der Waals surface area (Å²) in [5.74, 6) is -1.25. The van der Waals surface area contributed by atoms with Crippen LogP contribution in [-0.4, -0.2) is 75.9 Å². The highest BCUT2D eigenvalue weighted by Crippen LogP contribution is 2.35. The SMILES string of the molecule is CN1CCN(C(=O)OC2c3nccnc3C(=O)N2c2ccc(Cl)cn2)CC1.O=C([O-])c1ccccc1. The van der Waals surface area contributed by atoms with Gasteiger partial charge in [0, 0.05) is 44.8 Å². The maximum atomic E-state index is 12.8. The van der Waals surface area contributed by atoms with E-state index in [1.165, 1.54) is 35.6 Å². The van der Waals surface area contributed by atoms with Crippen LogP contribution < -0.4 is 10.0 Å². The van der Waals surface area contributed by atoms with Gasteiger partial charge in [-0.25, -0.2) is 19.7 Å². The van der Waals surface area contributed by atoms with Gasteiger partial charge in [-0.2, -0.15) is 0 Å². The van der Waals surface area contributed by atoms with Crippen LogP contribution in [0.2, 0.25) is 5.02 Å².